The molecule has 24 heavy (non-hydrogen) atoms. The first-order valence-corrected chi connectivity index (χ1v) is 7.49. The first-order chi connectivity index (χ1) is 11.7. The van der Waals surface area contributed by atoms with Crippen molar-refractivity contribution in [3.05, 3.63) is 66.2 Å². The van der Waals surface area contributed by atoms with E-state index < -0.39 is 5.97 Å². The molecule has 1 N–H and O–H groups in total. The number of nitrogens with zero attached hydrogens (tertiary/aromatic N) is 4. The van der Waals surface area contributed by atoms with Crippen molar-refractivity contribution in [3.8, 4) is 11.7 Å². The summed E-state index contributed by atoms with van der Waals surface area (Å²) in [5, 5.41) is 12.8. The van der Waals surface area contributed by atoms with Gasteiger partial charge in [0, 0.05) is 6.20 Å². The molecule has 0 radical (unpaired) electrons. The van der Waals surface area contributed by atoms with Crippen LogP contribution in [0.15, 0.2) is 55.1 Å². The maximum atomic E-state index is 10.9. The van der Waals surface area contributed by atoms with Crippen LogP contribution in [0.2, 0.25) is 0 Å². The summed E-state index contributed by atoms with van der Waals surface area (Å²) in [5.41, 5.74) is 1.16. The van der Waals surface area contributed by atoms with Gasteiger partial charge in [-0.1, -0.05) is 37.3 Å². The van der Waals surface area contributed by atoms with Crippen molar-refractivity contribution in [1.82, 2.24) is 19.7 Å². The minimum atomic E-state index is -1.05. The molecule has 0 spiro atoms. The van der Waals surface area contributed by atoms with Gasteiger partial charge in [0.15, 0.2) is 5.75 Å². The van der Waals surface area contributed by atoms with Crippen molar-refractivity contribution >= 4 is 5.97 Å². The Kier molecular flexibility index (Phi) is 4.51. The van der Waals surface area contributed by atoms with E-state index in [1.807, 2.05) is 37.3 Å². The van der Waals surface area contributed by atoms with E-state index in [1.165, 1.54) is 17.1 Å². The highest BCUT2D eigenvalue weighted by Crippen LogP contribution is 2.23. The zero-order valence-corrected chi connectivity index (χ0v) is 13.0. The van der Waals surface area contributed by atoms with E-state index >= 15 is 0 Å². The van der Waals surface area contributed by atoms with Gasteiger partial charge in [0.1, 0.15) is 6.10 Å². The maximum Gasteiger partial charge on any atom is 0.338 e. The first kappa shape index (κ1) is 15.7. The molecule has 1 unspecified atom stereocenters. The van der Waals surface area contributed by atoms with Crippen LogP contribution in [0.1, 0.15) is 35.4 Å². The summed E-state index contributed by atoms with van der Waals surface area (Å²) in [5.74, 6) is -0.225. The van der Waals surface area contributed by atoms with E-state index in [4.69, 9.17) is 9.84 Å². The van der Waals surface area contributed by atoms with Gasteiger partial charge >= 0.3 is 5.97 Å². The molecule has 0 bridgehead atoms. The van der Waals surface area contributed by atoms with Crippen molar-refractivity contribution < 1.29 is 14.6 Å². The number of ether oxygens (including phenoxy) is 1. The summed E-state index contributed by atoms with van der Waals surface area (Å²) in [6, 6.07) is 9.93. The average Bonchev–Trinajstić information content (AvgIpc) is 3.11. The molecular formula is C17H16N4O3. The Morgan fingerprint density at radius 2 is 1.92 bits per heavy atom. The number of aromatic carboxylic acids is 1. The topological polar surface area (TPSA) is 90.1 Å². The largest absolute Gasteiger partial charge is 0.483 e. The molecule has 1 aromatic carbocycles. The van der Waals surface area contributed by atoms with Gasteiger partial charge in [-0.05, 0) is 12.0 Å². The highest BCUT2D eigenvalue weighted by atomic mass is 16.5. The quantitative estimate of drug-likeness (QED) is 0.750. The Balaban J connectivity index is 1.75. The number of aromatic nitrogens is 4. The summed E-state index contributed by atoms with van der Waals surface area (Å²) >= 11 is 0. The number of carboxylic acids is 1. The Bertz CT molecular complexity index is 815. The molecule has 7 nitrogen and oxygen atoms in total. The summed E-state index contributed by atoms with van der Waals surface area (Å²) in [6.45, 7) is 2.05. The second-order valence-corrected chi connectivity index (χ2v) is 5.12. The molecular weight excluding hydrogens is 308 g/mol. The smallest absolute Gasteiger partial charge is 0.338 e. The van der Waals surface area contributed by atoms with Gasteiger partial charge in [0.25, 0.3) is 5.95 Å². The lowest BCUT2D eigenvalue weighted by atomic mass is 10.1. The molecule has 7 heteroatoms. The summed E-state index contributed by atoms with van der Waals surface area (Å²) < 4.78 is 7.24. The third-order valence-corrected chi connectivity index (χ3v) is 3.47. The lowest BCUT2D eigenvalue weighted by molar-refractivity contribution is 0.0697. The molecule has 0 aliphatic carbocycles. The number of carboxylic acid groups (broad SMARTS) is 1. The molecule has 0 saturated carbocycles. The minimum Gasteiger partial charge on any atom is -0.483 e. The van der Waals surface area contributed by atoms with Gasteiger partial charge in [0.2, 0.25) is 0 Å². The zero-order chi connectivity index (χ0) is 16.9. The van der Waals surface area contributed by atoms with Crippen molar-refractivity contribution in [2.75, 3.05) is 0 Å². The van der Waals surface area contributed by atoms with Crippen LogP contribution in [0.4, 0.5) is 0 Å². The van der Waals surface area contributed by atoms with Crippen LogP contribution in [0, 0.1) is 0 Å². The van der Waals surface area contributed by atoms with Gasteiger partial charge in [-0.2, -0.15) is 5.10 Å². The predicted molar refractivity (Wildman–Crippen MR) is 86.2 cm³/mol. The normalized spacial score (nSPS) is 11.9. The molecule has 0 fully saturated rings. The van der Waals surface area contributed by atoms with E-state index in [1.54, 1.807) is 12.4 Å². The van der Waals surface area contributed by atoms with Crippen molar-refractivity contribution in [3.63, 3.8) is 0 Å². The SMILES string of the molecule is CCC(Oc1cnc(-n2cc(C(=O)O)cn2)nc1)c1ccccc1. The van der Waals surface area contributed by atoms with Crippen LogP contribution in [-0.2, 0) is 0 Å². The lowest BCUT2D eigenvalue weighted by Crippen LogP contribution is -2.08. The third-order valence-electron chi connectivity index (χ3n) is 3.47. The molecule has 2 heterocycles. The fraction of sp³-hybridized carbons (Fsp3) is 0.176. The Hall–Kier alpha value is -3.22. The summed E-state index contributed by atoms with van der Waals surface area (Å²) in [6.07, 6.45) is 6.44. The average molecular weight is 324 g/mol. The molecule has 0 aliphatic heterocycles. The van der Waals surface area contributed by atoms with E-state index in [0.29, 0.717) is 5.75 Å². The maximum absolute atomic E-state index is 10.9. The molecule has 1 atom stereocenters. The second-order valence-electron chi connectivity index (χ2n) is 5.12. The fourth-order valence-electron chi connectivity index (χ4n) is 2.25. The number of rotatable bonds is 6. The molecule has 0 aliphatic rings. The van der Waals surface area contributed by atoms with Crippen LogP contribution in [0.3, 0.4) is 0 Å². The second kappa shape index (κ2) is 6.91. The Morgan fingerprint density at radius 3 is 2.50 bits per heavy atom. The van der Waals surface area contributed by atoms with Crippen LogP contribution in [0.25, 0.3) is 5.95 Å². The lowest BCUT2D eigenvalue weighted by Gasteiger charge is -2.17. The number of benzene rings is 1. The van der Waals surface area contributed by atoms with Gasteiger partial charge in [-0.3, -0.25) is 0 Å². The number of hydrogen-bond donors (Lipinski definition) is 1. The van der Waals surface area contributed by atoms with Gasteiger partial charge in [-0.25, -0.2) is 19.4 Å². The third kappa shape index (κ3) is 3.40. The zero-order valence-electron chi connectivity index (χ0n) is 13.0. The molecule has 3 rings (SSSR count). The molecule has 0 saturated heterocycles. The van der Waals surface area contributed by atoms with Crippen molar-refractivity contribution in [2.24, 2.45) is 0 Å². The molecule has 122 valence electrons. The monoisotopic (exact) mass is 324 g/mol. The van der Waals surface area contributed by atoms with E-state index in [9.17, 15) is 4.79 Å². The Morgan fingerprint density at radius 1 is 1.21 bits per heavy atom. The van der Waals surface area contributed by atoms with Crippen molar-refractivity contribution in [2.45, 2.75) is 19.4 Å². The standard InChI is InChI=1S/C17H16N4O3/c1-2-15(12-6-4-3-5-7-12)24-14-9-18-17(19-10-14)21-11-13(8-20-21)16(22)23/h3-11,15H,2H2,1H3,(H,22,23). The molecule has 2 aromatic heterocycles. The van der Waals surface area contributed by atoms with E-state index in [2.05, 4.69) is 15.1 Å². The minimum absolute atomic E-state index is 0.0778. The summed E-state index contributed by atoms with van der Waals surface area (Å²) in [7, 11) is 0. The van der Waals surface area contributed by atoms with E-state index in [-0.39, 0.29) is 17.6 Å². The van der Waals surface area contributed by atoms with Gasteiger partial charge in [-0.15, -0.1) is 0 Å². The van der Waals surface area contributed by atoms with Crippen molar-refractivity contribution in [1.29, 1.82) is 0 Å². The van der Waals surface area contributed by atoms with Gasteiger partial charge in [0.05, 0.1) is 24.2 Å². The highest BCUT2D eigenvalue weighted by molar-refractivity contribution is 5.86. The van der Waals surface area contributed by atoms with Gasteiger partial charge < -0.3 is 9.84 Å². The molecule has 3 aromatic rings. The summed E-state index contributed by atoms with van der Waals surface area (Å²) in [4.78, 5) is 19.2. The molecule has 0 amide bonds. The first-order valence-electron chi connectivity index (χ1n) is 7.49. The predicted octanol–water partition coefficient (Wildman–Crippen LogP) is 2.89. The number of carbonyl (C=O) groups is 1. The van der Waals surface area contributed by atoms with Crippen LogP contribution in [0.5, 0.6) is 5.75 Å². The Labute approximate surface area is 138 Å². The van der Waals surface area contributed by atoms with E-state index in [0.717, 1.165) is 12.0 Å². The van der Waals surface area contributed by atoms with Crippen LogP contribution in [-0.4, -0.2) is 30.8 Å². The van der Waals surface area contributed by atoms with Crippen LogP contribution < -0.4 is 4.74 Å². The highest BCUT2D eigenvalue weighted by Gasteiger charge is 2.12. The van der Waals surface area contributed by atoms with Crippen LogP contribution >= 0.6 is 0 Å². The fourth-order valence-corrected chi connectivity index (χ4v) is 2.25. The number of hydrogen-bond acceptors (Lipinski definition) is 5.